The SMILES string of the molecule is CC(C)(C)C1CCC(NC(=O)c2[nH]c(=O)[nH]c(=O)c2N)CC1. The fraction of sp³-hybridized carbons (Fsp3) is 0.667. The van der Waals surface area contributed by atoms with E-state index in [1.54, 1.807) is 0 Å². The minimum atomic E-state index is -0.745. The van der Waals surface area contributed by atoms with Crippen LogP contribution in [0.25, 0.3) is 0 Å². The van der Waals surface area contributed by atoms with Crippen LogP contribution in [-0.4, -0.2) is 21.9 Å². The number of H-pyrrole nitrogens is 2. The zero-order chi connectivity index (χ0) is 16.5. The molecule has 22 heavy (non-hydrogen) atoms. The zero-order valence-corrected chi connectivity index (χ0v) is 13.3. The fourth-order valence-electron chi connectivity index (χ4n) is 3.04. The van der Waals surface area contributed by atoms with Gasteiger partial charge in [-0.05, 0) is 37.0 Å². The molecule has 1 aromatic heterocycles. The van der Waals surface area contributed by atoms with Gasteiger partial charge in [-0.2, -0.15) is 0 Å². The first-order valence-electron chi connectivity index (χ1n) is 7.61. The molecular weight excluding hydrogens is 284 g/mol. The molecule has 1 saturated carbocycles. The lowest BCUT2D eigenvalue weighted by molar-refractivity contribution is 0.0899. The maximum Gasteiger partial charge on any atom is 0.326 e. The second-order valence-corrected chi connectivity index (χ2v) is 7.08. The first-order valence-corrected chi connectivity index (χ1v) is 7.61. The maximum absolute atomic E-state index is 12.2. The highest BCUT2D eigenvalue weighted by Gasteiger charge is 2.30. The highest BCUT2D eigenvalue weighted by atomic mass is 16.2. The number of nitrogens with two attached hydrogens (primary N) is 1. The van der Waals surface area contributed by atoms with Crippen molar-refractivity contribution in [2.45, 2.75) is 52.5 Å². The van der Waals surface area contributed by atoms with Gasteiger partial charge in [-0.25, -0.2) is 4.79 Å². The van der Waals surface area contributed by atoms with Crippen molar-refractivity contribution in [3.63, 3.8) is 0 Å². The number of rotatable bonds is 2. The Bertz CT molecular complexity index is 661. The number of carbonyl (C=O) groups excluding carboxylic acids is 1. The summed E-state index contributed by atoms with van der Waals surface area (Å²) in [7, 11) is 0. The molecule has 1 heterocycles. The predicted octanol–water partition coefficient (Wildman–Crippen LogP) is 0.980. The minimum absolute atomic E-state index is 0.0493. The van der Waals surface area contributed by atoms with Crippen molar-refractivity contribution in [1.82, 2.24) is 15.3 Å². The molecule has 0 aromatic carbocycles. The smallest absolute Gasteiger partial charge is 0.326 e. The number of anilines is 1. The lowest BCUT2D eigenvalue weighted by Crippen LogP contribution is -2.41. The Morgan fingerprint density at radius 3 is 2.27 bits per heavy atom. The van der Waals surface area contributed by atoms with Gasteiger partial charge >= 0.3 is 5.69 Å². The molecule has 122 valence electrons. The van der Waals surface area contributed by atoms with E-state index in [1.807, 2.05) is 4.98 Å². The first-order chi connectivity index (χ1) is 10.2. The van der Waals surface area contributed by atoms with E-state index in [4.69, 9.17) is 5.73 Å². The van der Waals surface area contributed by atoms with Gasteiger partial charge in [-0.3, -0.25) is 14.6 Å². The van der Waals surface area contributed by atoms with Gasteiger partial charge < -0.3 is 16.0 Å². The van der Waals surface area contributed by atoms with E-state index in [2.05, 4.69) is 31.1 Å². The highest BCUT2D eigenvalue weighted by molar-refractivity contribution is 5.96. The zero-order valence-electron chi connectivity index (χ0n) is 13.3. The van der Waals surface area contributed by atoms with Crippen LogP contribution in [-0.2, 0) is 0 Å². The lowest BCUT2D eigenvalue weighted by atomic mass is 9.71. The molecule has 7 nitrogen and oxygen atoms in total. The van der Waals surface area contributed by atoms with Crippen LogP contribution in [0.4, 0.5) is 5.69 Å². The summed E-state index contributed by atoms with van der Waals surface area (Å²) in [6.45, 7) is 6.70. The molecule has 0 radical (unpaired) electrons. The fourth-order valence-corrected chi connectivity index (χ4v) is 3.04. The molecule has 1 amide bonds. The van der Waals surface area contributed by atoms with Crippen molar-refractivity contribution in [3.8, 4) is 0 Å². The summed E-state index contributed by atoms with van der Waals surface area (Å²) in [5.41, 5.74) is 3.93. The second-order valence-electron chi connectivity index (χ2n) is 7.08. The van der Waals surface area contributed by atoms with Crippen molar-refractivity contribution < 1.29 is 4.79 Å². The van der Waals surface area contributed by atoms with Gasteiger partial charge in [0, 0.05) is 6.04 Å². The van der Waals surface area contributed by atoms with Crippen LogP contribution >= 0.6 is 0 Å². The average molecular weight is 308 g/mol. The Labute approximate surface area is 128 Å². The number of hydrogen-bond donors (Lipinski definition) is 4. The van der Waals surface area contributed by atoms with E-state index in [1.165, 1.54) is 0 Å². The number of aromatic amines is 2. The third-order valence-corrected chi connectivity index (χ3v) is 4.49. The monoisotopic (exact) mass is 308 g/mol. The van der Waals surface area contributed by atoms with Crippen LogP contribution in [0.3, 0.4) is 0 Å². The quantitative estimate of drug-likeness (QED) is 0.650. The van der Waals surface area contributed by atoms with Crippen LogP contribution in [0.15, 0.2) is 9.59 Å². The van der Waals surface area contributed by atoms with E-state index in [0.29, 0.717) is 5.92 Å². The largest absolute Gasteiger partial charge is 0.392 e. The molecule has 1 fully saturated rings. The maximum atomic E-state index is 12.2. The third-order valence-electron chi connectivity index (χ3n) is 4.49. The van der Waals surface area contributed by atoms with Crippen LogP contribution in [0, 0.1) is 11.3 Å². The van der Waals surface area contributed by atoms with Gasteiger partial charge in [0.15, 0.2) is 0 Å². The van der Waals surface area contributed by atoms with E-state index < -0.39 is 17.2 Å². The number of nitrogens with one attached hydrogen (secondary N) is 3. The molecule has 5 N–H and O–H groups in total. The summed E-state index contributed by atoms with van der Waals surface area (Å²) >= 11 is 0. The standard InChI is InChI=1S/C15H24N4O3/c1-15(2,3)8-4-6-9(7-5-8)17-13(21)11-10(16)12(20)19-14(22)18-11/h8-9H,4-7,16H2,1-3H3,(H,17,21)(H2,18,19,20,22). The summed E-state index contributed by atoms with van der Waals surface area (Å²) < 4.78 is 0. The molecule has 0 bridgehead atoms. The number of hydrogen-bond acceptors (Lipinski definition) is 4. The van der Waals surface area contributed by atoms with Crippen molar-refractivity contribution in [2.75, 3.05) is 5.73 Å². The Kier molecular flexibility index (Phi) is 4.44. The number of nitrogen functional groups attached to an aromatic ring is 1. The molecule has 0 atom stereocenters. The molecule has 1 aliphatic rings. The molecule has 1 aromatic rings. The number of carbonyl (C=O) groups is 1. The Morgan fingerprint density at radius 2 is 1.73 bits per heavy atom. The van der Waals surface area contributed by atoms with Crippen LogP contribution in [0.1, 0.15) is 56.9 Å². The van der Waals surface area contributed by atoms with E-state index in [0.717, 1.165) is 25.7 Å². The lowest BCUT2D eigenvalue weighted by Gasteiger charge is -2.37. The van der Waals surface area contributed by atoms with Gasteiger partial charge in [0.2, 0.25) is 0 Å². The van der Waals surface area contributed by atoms with Crippen LogP contribution < -0.4 is 22.3 Å². The molecule has 2 rings (SSSR count). The van der Waals surface area contributed by atoms with Gasteiger partial charge in [0.1, 0.15) is 11.4 Å². The van der Waals surface area contributed by atoms with Crippen LogP contribution in [0.2, 0.25) is 0 Å². The molecule has 1 aliphatic carbocycles. The van der Waals surface area contributed by atoms with Crippen molar-refractivity contribution in [2.24, 2.45) is 11.3 Å². The molecular formula is C15H24N4O3. The number of amides is 1. The van der Waals surface area contributed by atoms with Gasteiger partial charge in [0.25, 0.3) is 11.5 Å². The molecule has 0 aliphatic heterocycles. The molecule has 7 heteroatoms. The molecule has 0 unspecified atom stereocenters. The van der Waals surface area contributed by atoms with Gasteiger partial charge in [0.05, 0.1) is 0 Å². The minimum Gasteiger partial charge on any atom is -0.392 e. The van der Waals surface area contributed by atoms with Crippen LogP contribution in [0.5, 0.6) is 0 Å². The average Bonchev–Trinajstić information content (AvgIpc) is 2.42. The highest BCUT2D eigenvalue weighted by Crippen LogP contribution is 2.37. The Balaban J connectivity index is 2.03. The Hall–Kier alpha value is -2.05. The summed E-state index contributed by atoms with van der Waals surface area (Å²) in [6, 6.07) is 0.0493. The van der Waals surface area contributed by atoms with Gasteiger partial charge in [-0.15, -0.1) is 0 Å². The van der Waals surface area contributed by atoms with Crippen molar-refractivity contribution >= 4 is 11.6 Å². The molecule has 0 saturated heterocycles. The summed E-state index contributed by atoms with van der Waals surface area (Å²) in [6.07, 6.45) is 3.88. The first kappa shape index (κ1) is 16.3. The normalized spacial score (nSPS) is 22.3. The van der Waals surface area contributed by atoms with E-state index >= 15 is 0 Å². The third kappa shape index (κ3) is 3.58. The van der Waals surface area contributed by atoms with Crippen molar-refractivity contribution in [1.29, 1.82) is 0 Å². The van der Waals surface area contributed by atoms with Gasteiger partial charge in [-0.1, -0.05) is 20.8 Å². The second kappa shape index (κ2) is 5.98. The number of aromatic nitrogens is 2. The summed E-state index contributed by atoms with van der Waals surface area (Å²) in [5.74, 6) is 0.144. The summed E-state index contributed by atoms with van der Waals surface area (Å²) in [4.78, 5) is 39.2. The van der Waals surface area contributed by atoms with E-state index in [-0.39, 0.29) is 22.8 Å². The Morgan fingerprint density at radius 1 is 1.14 bits per heavy atom. The molecule has 0 spiro atoms. The van der Waals surface area contributed by atoms with Crippen molar-refractivity contribution in [3.05, 3.63) is 26.5 Å². The summed E-state index contributed by atoms with van der Waals surface area (Å²) in [5, 5.41) is 2.86. The predicted molar refractivity (Wildman–Crippen MR) is 84.8 cm³/mol. The topological polar surface area (TPSA) is 121 Å². The van der Waals surface area contributed by atoms with E-state index in [9.17, 15) is 14.4 Å².